The summed E-state index contributed by atoms with van der Waals surface area (Å²) >= 11 is 4.70. The predicted molar refractivity (Wildman–Crippen MR) is 32.3 cm³/mol. The first kappa shape index (κ1) is 5.51. The summed E-state index contributed by atoms with van der Waals surface area (Å²) in [5, 5.41) is 0. The fourth-order valence-electron chi connectivity index (χ4n) is 0.435. The lowest BCUT2D eigenvalue weighted by molar-refractivity contribution is 0.626. The van der Waals surface area contributed by atoms with Gasteiger partial charge in [0.15, 0.2) is 0 Å². The second kappa shape index (κ2) is 2.09. The molecule has 0 bridgehead atoms. The molecule has 2 heteroatoms. The third-order valence-corrected chi connectivity index (χ3v) is 1.09. The summed E-state index contributed by atoms with van der Waals surface area (Å²) in [4.78, 5) is 0.673. The largest absolute Gasteiger partial charge is 0.207 e. The molecule has 0 aliphatic rings. The van der Waals surface area contributed by atoms with Crippen molar-refractivity contribution in [1.82, 2.24) is 0 Å². The molecule has 0 aliphatic carbocycles. The normalized spacial score (nSPS) is 9.12. The monoisotopic (exact) mass is 127 g/mol. The van der Waals surface area contributed by atoms with Crippen molar-refractivity contribution >= 4 is 12.6 Å². The number of rotatable bonds is 0. The van der Waals surface area contributed by atoms with E-state index in [-0.39, 0.29) is 5.82 Å². The molecule has 41 valence electrons. The van der Waals surface area contributed by atoms with Gasteiger partial charge in [0.25, 0.3) is 0 Å². The maximum absolute atomic E-state index is 12.0. The van der Waals surface area contributed by atoms with E-state index in [1.54, 1.807) is 12.1 Å². The van der Waals surface area contributed by atoms with E-state index in [2.05, 4.69) is 0 Å². The van der Waals surface area contributed by atoms with Crippen molar-refractivity contribution in [2.75, 3.05) is 0 Å². The Hall–Kier alpha value is -0.630. The highest BCUT2D eigenvalue weighted by atomic mass is 32.1. The third-order valence-electron chi connectivity index (χ3n) is 0.814. The quantitative estimate of drug-likeness (QED) is 0.502. The van der Waals surface area contributed by atoms with Crippen LogP contribution >= 0.6 is 12.6 Å². The first-order valence-corrected chi connectivity index (χ1v) is 2.62. The molecule has 1 radical (unpaired) electrons. The zero-order chi connectivity index (χ0) is 5.98. The van der Waals surface area contributed by atoms with E-state index in [1.807, 2.05) is 0 Å². The third kappa shape index (κ3) is 1.17. The van der Waals surface area contributed by atoms with Gasteiger partial charge in [0.1, 0.15) is 5.82 Å². The number of hydrogen-bond acceptors (Lipinski definition) is 0. The summed E-state index contributed by atoms with van der Waals surface area (Å²) < 4.78 is 12.0. The van der Waals surface area contributed by atoms with Gasteiger partial charge in [-0.15, -0.1) is 0 Å². The molecule has 0 unspecified atom stereocenters. The van der Waals surface area contributed by atoms with Crippen molar-refractivity contribution in [1.29, 1.82) is 0 Å². The Morgan fingerprint density at radius 2 is 1.62 bits per heavy atom. The van der Waals surface area contributed by atoms with Crippen molar-refractivity contribution in [2.24, 2.45) is 0 Å². The van der Waals surface area contributed by atoms with Crippen LogP contribution in [0.4, 0.5) is 4.39 Å². The average molecular weight is 127 g/mol. The van der Waals surface area contributed by atoms with Gasteiger partial charge in [-0.3, -0.25) is 0 Å². The summed E-state index contributed by atoms with van der Waals surface area (Å²) in [6, 6.07) is 5.82. The van der Waals surface area contributed by atoms with Crippen LogP contribution in [-0.2, 0) is 0 Å². The molecule has 0 nitrogen and oxygen atoms in total. The number of halogens is 1. The molecule has 1 aromatic rings. The summed E-state index contributed by atoms with van der Waals surface area (Å²) in [6.07, 6.45) is 0. The highest BCUT2D eigenvalue weighted by Crippen LogP contribution is 2.04. The van der Waals surface area contributed by atoms with Crippen LogP contribution in [-0.4, -0.2) is 0 Å². The molecule has 1 rings (SSSR count). The molecule has 0 amide bonds. The summed E-state index contributed by atoms with van der Waals surface area (Å²) in [5.74, 6) is -0.237. The van der Waals surface area contributed by atoms with Crippen molar-refractivity contribution in [3.8, 4) is 0 Å². The predicted octanol–water partition coefficient (Wildman–Crippen LogP) is 2.38. The number of benzene rings is 1. The lowest BCUT2D eigenvalue weighted by atomic mass is 10.4. The zero-order valence-electron chi connectivity index (χ0n) is 4.10. The van der Waals surface area contributed by atoms with Crippen molar-refractivity contribution in [2.45, 2.75) is 4.90 Å². The highest BCUT2D eigenvalue weighted by molar-refractivity contribution is 7.80. The Balaban J connectivity index is 3.03. The molecule has 0 fully saturated rings. The fourth-order valence-corrected chi connectivity index (χ4v) is 0.571. The molecule has 0 atom stereocenters. The van der Waals surface area contributed by atoms with E-state index in [0.29, 0.717) is 4.90 Å². The average Bonchev–Trinajstić information content (AvgIpc) is 1.77. The van der Waals surface area contributed by atoms with Gasteiger partial charge in [-0.2, -0.15) is 0 Å². The van der Waals surface area contributed by atoms with Gasteiger partial charge in [0.05, 0.1) is 0 Å². The zero-order valence-corrected chi connectivity index (χ0v) is 4.91. The van der Waals surface area contributed by atoms with Crippen LogP contribution < -0.4 is 0 Å². The Morgan fingerprint density at radius 3 is 2.00 bits per heavy atom. The van der Waals surface area contributed by atoms with Gasteiger partial charge in [0, 0.05) is 4.90 Å². The van der Waals surface area contributed by atoms with Gasteiger partial charge < -0.3 is 0 Å². The standard InChI is InChI=1S/C6H4FS/c7-5-1-3-6(8)4-2-5/h1-4H. The van der Waals surface area contributed by atoms with Gasteiger partial charge in [-0.25, -0.2) is 4.39 Å². The van der Waals surface area contributed by atoms with E-state index < -0.39 is 0 Å². The second-order valence-corrected chi connectivity index (χ2v) is 1.93. The number of hydrogen-bond donors (Lipinski definition) is 0. The minimum absolute atomic E-state index is 0.237. The summed E-state index contributed by atoms with van der Waals surface area (Å²) in [5.41, 5.74) is 0. The maximum Gasteiger partial charge on any atom is 0.123 e. The van der Waals surface area contributed by atoms with Crippen LogP contribution in [0, 0.1) is 5.82 Å². The Labute approximate surface area is 52.8 Å². The van der Waals surface area contributed by atoms with Crippen LogP contribution in [0.25, 0.3) is 0 Å². The first-order valence-electron chi connectivity index (χ1n) is 2.21. The Bertz CT molecular complexity index is 147. The minimum atomic E-state index is -0.237. The first-order chi connectivity index (χ1) is 3.79. The van der Waals surface area contributed by atoms with Crippen molar-refractivity contribution in [3.05, 3.63) is 30.1 Å². The van der Waals surface area contributed by atoms with Crippen LogP contribution in [0.15, 0.2) is 29.2 Å². The minimum Gasteiger partial charge on any atom is -0.207 e. The lowest BCUT2D eigenvalue weighted by Crippen LogP contribution is -1.68. The van der Waals surface area contributed by atoms with E-state index in [1.165, 1.54) is 12.1 Å². The molecule has 0 saturated carbocycles. The summed E-state index contributed by atoms with van der Waals surface area (Å²) in [6.45, 7) is 0. The van der Waals surface area contributed by atoms with Gasteiger partial charge >= 0.3 is 0 Å². The molecule has 0 aromatic heterocycles. The maximum atomic E-state index is 12.0. The van der Waals surface area contributed by atoms with Gasteiger partial charge in [-0.05, 0) is 24.3 Å². The van der Waals surface area contributed by atoms with Crippen LogP contribution in [0.2, 0.25) is 0 Å². The van der Waals surface area contributed by atoms with Crippen LogP contribution in [0.3, 0.4) is 0 Å². The van der Waals surface area contributed by atoms with Crippen molar-refractivity contribution in [3.63, 3.8) is 0 Å². The SMILES string of the molecule is Fc1ccc([S])cc1. The van der Waals surface area contributed by atoms with Crippen LogP contribution in [0.5, 0.6) is 0 Å². The topological polar surface area (TPSA) is 0 Å². The van der Waals surface area contributed by atoms with Gasteiger partial charge in [0.2, 0.25) is 0 Å². The van der Waals surface area contributed by atoms with E-state index in [0.717, 1.165) is 0 Å². The fraction of sp³-hybridized carbons (Fsp3) is 0. The molecule has 0 aliphatic heterocycles. The lowest BCUT2D eigenvalue weighted by Gasteiger charge is -1.85. The van der Waals surface area contributed by atoms with Crippen molar-refractivity contribution < 1.29 is 4.39 Å². The van der Waals surface area contributed by atoms with Gasteiger partial charge in [-0.1, -0.05) is 12.6 Å². The molecular weight excluding hydrogens is 123 g/mol. The molecule has 0 saturated heterocycles. The molecule has 1 aromatic carbocycles. The molecule has 0 heterocycles. The molecule has 8 heavy (non-hydrogen) atoms. The Morgan fingerprint density at radius 1 is 1.12 bits per heavy atom. The van der Waals surface area contributed by atoms with Crippen LogP contribution in [0.1, 0.15) is 0 Å². The molecular formula is C6H4FS. The van der Waals surface area contributed by atoms with E-state index in [4.69, 9.17) is 12.6 Å². The van der Waals surface area contributed by atoms with E-state index >= 15 is 0 Å². The molecule has 0 spiro atoms. The summed E-state index contributed by atoms with van der Waals surface area (Å²) in [7, 11) is 0. The highest BCUT2D eigenvalue weighted by Gasteiger charge is 1.85. The van der Waals surface area contributed by atoms with E-state index in [9.17, 15) is 4.39 Å². The Kier molecular flexibility index (Phi) is 1.44. The second-order valence-electron chi connectivity index (χ2n) is 1.45. The molecule has 0 N–H and O–H groups in total. The smallest absolute Gasteiger partial charge is 0.123 e.